The number of ether oxygens (including phenoxy) is 1. The van der Waals surface area contributed by atoms with Crippen molar-refractivity contribution in [2.45, 2.75) is 0 Å². The fraction of sp³-hybridized carbons (Fsp3) is 0.167. The Bertz CT molecular complexity index is 489. The maximum absolute atomic E-state index is 5.65. The molecule has 0 atom stereocenters. The lowest BCUT2D eigenvalue weighted by atomic mass is 10.1. The van der Waals surface area contributed by atoms with E-state index in [0.29, 0.717) is 13.2 Å². The normalized spacial score (nSPS) is 10.6. The number of benzene rings is 2. The largest absolute Gasteiger partial charge is 0.492 e. The van der Waals surface area contributed by atoms with Crippen LogP contribution in [0.3, 0.4) is 0 Å². The Hall–Kier alpha value is -0.770. The number of nitrogens with one attached hydrogen (secondary N) is 1. The van der Waals surface area contributed by atoms with Crippen LogP contribution in [0, 0.1) is 0 Å². The van der Waals surface area contributed by atoms with Crippen molar-refractivity contribution >= 4 is 38.5 Å². The van der Waals surface area contributed by atoms with E-state index in [1.54, 1.807) is 0 Å². The Kier molecular flexibility index (Phi) is 4.04. The maximum atomic E-state index is 5.65. The molecule has 0 aliphatic carbocycles. The molecule has 0 heterocycles. The standard InChI is InChI=1S/C12H11BrClNO/c13-11-5-6-12(16-8-7-15-14)10-4-2-1-3-9(10)11/h1-6,15H,7-8H2. The molecule has 0 aliphatic heterocycles. The summed E-state index contributed by atoms with van der Waals surface area (Å²) < 4.78 is 6.72. The molecule has 2 aromatic carbocycles. The molecular weight excluding hydrogens is 289 g/mol. The van der Waals surface area contributed by atoms with Gasteiger partial charge in [-0.25, -0.2) is 4.84 Å². The van der Waals surface area contributed by atoms with Crippen LogP contribution in [0.2, 0.25) is 0 Å². The van der Waals surface area contributed by atoms with Crippen molar-refractivity contribution in [3.63, 3.8) is 0 Å². The van der Waals surface area contributed by atoms with Gasteiger partial charge in [0, 0.05) is 16.4 Å². The Morgan fingerprint density at radius 1 is 1.12 bits per heavy atom. The molecule has 84 valence electrons. The lowest BCUT2D eigenvalue weighted by Gasteiger charge is -2.09. The Morgan fingerprint density at radius 2 is 1.88 bits per heavy atom. The molecule has 0 aliphatic rings. The Balaban J connectivity index is 2.35. The molecule has 4 heteroatoms. The summed E-state index contributed by atoms with van der Waals surface area (Å²) in [7, 11) is 0. The topological polar surface area (TPSA) is 21.3 Å². The van der Waals surface area contributed by atoms with Gasteiger partial charge < -0.3 is 4.74 Å². The number of hydrogen-bond acceptors (Lipinski definition) is 2. The minimum absolute atomic E-state index is 0.551. The van der Waals surface area contributed by atoms with Crippen molar-refractivity contribution in [2.75, 3.05) is 13.2 Å². The number of halogens is 2. The second-order valence-electron chi connectivity index (χ2n) is 3.32. The molecule has 0 saturated carbocycles. The molecule has 0 spiro atoms. The quantitative estimate of drug-likeness (QED) is 0.686. The molecule has 2 nitrogen and oxygen atoms in total. The van der Waals surface area contributed by atoms with Gasteiger partial charge in [0.05, 0.1) is 0 Å². The minimum atomic E-state index is 0.551. The van der Waals surface area contributed by atoms with Crippen LogP contribution in [-0.2, 0) is 0 Å². The molecule has 2 aromatic rings. The second-order valence-corrected chi connectivity index (χ2v) is 4.44. The van der Waals surface area contributed by atoms with Gasteiger partial charge in [-0.05, 0) is 29.3 Å². The summed E-state index contributed by atoms with van der Waals surface area (Å²) in [6.45, 7) is 1.17. The molecule has 0 unspecified atom stereocenters. The zero-order valence-corrected chi connectivity index (χ0v) is 10.9. The van der Waals surface area contributed by atoms with Crippen molar-refractivity contribution < 1.29 is 4.74 Å². The second kappa shape index (κ2) is 5.53. The average Bonchev–Trinajstić information content (AvgIpc) is 2.33. The Morgan fingerprint density at radius 3 is 2.62 bits per heavy atom. The van der Waals surface area contributed by atoms with Crippen molar-refractivity contribution in [3.05, 3.63) is 40.9 Å². The zero-order chi connectivity index (χ0) is 11.4. The van der Waals surface area contributed by atoms with Crippen LogP contribution < -0.4 is 9.57 Å². The highest BCUT2D eigenvalue weighted by molar-refractivity contribution is 9.10. The predicted molar refractivity (Wildman–Crippen MR) is 71.0 cm³/mol. The van der Waals surface area contributed by atoms with Crippen LogP contribution in [0.5, 0.6) is 5.75 Å². The molecule has 0 aromatic heterocycles. The third kappa shape index (κ3) is 2.48. The van der Waals surface area contributed by atoms with Crippen molar-refractivity contribution in [1.82, 2.24) is 4.84 Å². The predicted octanol–water partition coefficient (Wildman–Crippen LogP) is 3.72. The first kappa shape index (κ1) is 11.7. The lowest BCUT2D eigenvalue weighted by Crippen LogP contribution is -2.11. The van der Waals surface area contributed by atoms with Crippen LogP contribution in [0.25, 0.3) is 10.8 Å². The van der Waals surface area contributed by atoms with Crippen LogP contribution in [0.15, 0.2) is 40.9 Å². The van der Waals surface area contributed by atoms with Crippen molar-refractivity contribution in [2.24, 2.45) is 0 Å². The summed E-state index contributed by atoms with van der Waals surface area (Å²) in [5.74, 6) is 0.880. The Labute approximate surface area is 108 Å². The highest BCUT2D eigenvalue weighted by Gasteiger charge is 2.04. The highest BCUT2D eigenvalue weighted by atomic mass is 79.9. The zero-order valence-electron chi connectivity index (χ0n) is 8.54. The smallest absolute Gasteiger partial charge is 0.127 e. The minimum Gasteiger partial charge on any atom is -0.492 e. The summed E-state index contributed by atoms with van der Waals surface area (Å²) in [4.78, 5) is 2.54. The van der Waals surface area contributed by atoms with Crippen LogP contribution in [0.1, 0.15) is 0 Å². The lowest BCUT2D eigenvalue weighted by molar-refractivity contribution is 0.327. The summed E-state index contributed by atoms with van der Waals surface area (Å²) in [5, 5.41) is 2.25. The molecule has 2 rings (SSSR count). The SMILES string of the molecule is ClNCCOc1ccc(Br)c2ccccc12. The fourth-order valence-electron chi connectivity index (χ4n) is 1.56. The molecule has 0 saturated heterocycles. The van der Waals surface area contributed by atoms with Gasteiger partial charge in [-0.3, -0.25) is 0 Å². The van der Waals surface area contributed by atoms with E-state index in [-0.39, 0.29) is 0 Å². The summed E-state index contributed by atoms with van der Waals surface area (Å²) >= 11 is 8.90. The maximum Gasteiger partial charge on any atom is 0.127 e. The van der Waals surface area contributed by atoms with Gasteiger partial charge in [0.2, 0.25) is 0 Å². The highest BCUT2D eigenvalue weighted by Crippen LogP contribution is 2.31. The molecule has 0 bridgehead atoms. The van der Waals surface area contributed by atoms with Gasteiger partial charge in [-0.2, -0.15) is 0 Å². The van der Waals surface area contributed by atoms with E-state index in [1.165, 1.54) is 0 Å². The first-order chi connectivity index (χ1) is 7.83. The first-order valence-corrected chi connectivity index (χ1v) is 6.13. The van der Waals surface area contributed by atoms with Gasteiger partial charge >= 0.3 is 0 Å². The average molecular weight is 301 g/mol. The van der Waals surface area contributed by atoms with Crippen LogP contribution >= 0.6 is 27.7 Å². The molecule has 0 radical (unpaired) electrons. The number of fused-ring (bicyclic) bond motifs is 1. The monoisotopic (exact) mass is 299 g/mol. The molecule has 16 heavy (non-hydrogen) atoms. The van der Waals surface area contributed by atoms with Gasteiger partial charge in [-0.15, -0.1) is 0 Å². The van der Waals surface area contributed by atoms with E-state index in [2.05, 4.69) is 26.8 Å². The van der Waals surface area contributed by atoms with Gasteiger partial charge in [-0.1, -0.05) is 40.2 Å². The molecule has 1 N–H and O–H groups in total. The third-order valence-corrected chi connectivity index (χ3v) is 3.17. The number of rotatable bonds is 4. The van der Waals surface area contributed by atoms with Crippen LogP contribution in [0.4, 0.5) is 0 Å². The van der Waals surface area contributed by atoms with Crippen molar-refractivity contribution in [3.8, 4) is 5.75 Å². The first-order valence-electron chi connectivity index (χ1n) is 4.96. The van der Waals surface area contributed by atoms with E-state index in [4.69, 9.17) is 16.5 Å². The van der Waals surface area contributed by atoms with Gasteiger partial charge in [0.25, 0.3) is 0 Å². The number of hydrogen-bond donors (Lipinski definition) is 1. The molecule has 0 fully saturated rings. The summed E-state index contributed by atoms with van der Waals surface area (Å²) in [5.41, 5.74) is 0. The van der Waals surface area contributed by atoms with E-state index in [1.807, 2.05) is 30.3 Å². The fourth-order valence-corrected chi connectivity index (χ4v) is 2.12. The van der Waals surface area contributed by atoms with E-state index >= 15 is 0 Å². The van der Waals surface area contributed by atoms with E-state index < -0.39 is 0 Å². The van der Waals surface area contributed by atoms with E-state index in [0.717, 1.165) is 21.0 Å². The summed E-state index contributed by atoms with van der Waals surface area (Å²) in [6.07, 6.45) is 0. The molecule has 0 amide bonds. The van der Waals surface area contributed by atoms with E-state index in [9.17, 15) is 0 Å². The van der Waals surface area contributed by atoms with Crippen LogP contribution in [-0.4, -0.2) is 13.2 Å². The van der Waals surface area contributed by atoms with Gasteiger partial charge in [0.1, 0.15) is 12.4 Å². The van der Waals surface area contributed by atoms with Crippen molar-refractivity contribution in [1.29, 1.82) is 0 Å². The van der Waals surface area contributed by atoms with Gasteiger partial charge in [0.15, 0.2) is 0 Å². The third-order valence-electron chi connectivity index (χ3n) is 2.28. The summed E-state index contributed by atoms with van der Waals surface area (Å²) in [6, 6.07) is 12.1. The molecular formula is C12H11BrClNO.